The van der Waals surface area contributed by atoms with E-state index in [0.717, 1.165) is 72.4 Å². The smallest absolute Gasteiger partial charge is 0.164 e. The lowest BCUT2D eigenvalue weighted by Crippen LogP contribution is -2.03. The fourth-order valence-electron chi connectivity index (χ4n) is 13.4. The van der Waals surface area contributed by atoms with E-state index >= 15 is 0 Å². The van der Waals surface area contributed by atoms with Crippen LogP contribution in [0.3, 0.4) is 0 Å². The molecule has 0 saturated heterocycles. The summed E-state index contributed by atoms with van der Waals surface area (Å²) in [5.41, 5.74) is 18.3. The minimum absolute atomic E-state index is 0.578. The van der Waals surface area contributed by atoms with Crippen molar-refractivity contribution in [3.05, 3.63) is 297 Å². The SMILES string of the molecule is c1ccc(-c2ccc(-c3ccccc3)c(-c3nc(-c4cccc(-n5c6ccccc6c6cc(-c7ccc8sc9ccccc9c8c7)ccc65)c4)nc(-c4cccc(-n5c6ccccc6c6cc(-c7ccc8sc9ccccc9c8c7)ccc65)c4)n3)c2)cc1. The van der Waals surface area contributed by atoms with Crippen LogP contribution in [0.15, 0.2) is 297 Å². The molecular weight excluding hydrogens is 1110 g/mol. The van der Waals surface area contributed by atoms with E-state index in [9.17, 15) is 0 Å². The zero-order chi connectivity index (χ0) is 57.8. The Balaban J connectivity index is 0.795. The Labute approximate surface area is 514 Å². The predicted molar refractivity (Wildman–Crippen MR) is 372 cm³/mol. The Morgan fingerprint density at radius 1 is 0.205 bits per heavy atom. The molecule has 7 heteroatoms. The van der Waals surface area contributed by atoms with Gasteiger partial charge in [-0.25, -0.2) is 15.0 Å². The molecule has 0 fully saturated rings. The second-order valence-corrected chi connectivity index (χ2v) is 24.9. The Kier molecular flexibility index (Phi) is 11.6. The third-order valence-electron chi connectivity index (χ3n) is 17.6. The molecule has 0 aliphatic carbocycles. The van der Waals surface area contributed by atoms with Gasteiger partial charge in [-0.2, -0.15) is 0 Å². The van der Waals surface area contributed by atoms with Crippen LogP contribution in [-0.2, 0) is 0 Å². The van der Waals surface area contributed by atoms with Crippen molar-refractivity contribution >= 4 is 107 Å². The van der Waals surface area contributed by atoms with Crippen molar-refractivity contribution in [1.29, 1.82) is 0 Å². The molecule has 5 aromatic heterocycles. The second kappa shape index (κ2) is 20.3. The molecule has 0 bridgehead atoms. The van der Waals surface area contributed by atoms with Gasteiger partial charge in [0, 0.05) is 90.0 Å². The highest BCUT2D eigenvalue weighted by atomic mass is 32.1. The van der Waals surface area contributed by atoms with Crippen LogP contribution in [-0.4, -0.2) is 24.1 Å². The first kappa shape index (κ1) is 50.3. The zero-order valence-corrected chi connectivity index (χ0v) is 49.0. The average molecular weight is 1160 g/mol. The van der Waals surface area contributed by atoms with E-state index < -0.39 is 0 Å². The van der Waals surface area contributed by atoms with Gasteiger partial charge >= 0.3 is 0 Å². The molecule has 0 N–H and O–H groups in total. The second-order valence-electron chi connectivity index (χ2n) is 22.7. The van der Waals surface area contributed by atoms with Crippen molar-refractivity contribution in [2.24, 2.45) is 0 Å². The van der Waals surface area contributed by atoms with Crippen LogP contribution in [0.2, 0.25) is 0 Å². The maximum absolute atomic E-state index is 5.53. The topological polar surface area (TPSA) is 48.5 Å². The van der Waals surface area contributed by atoms with E-state index in [4.69, 9.17) is 15.0 Å². The van der Waals surface area contributed by atoms with Gasteiger partial charge in [-0.05, 0) is 148 Å². The molecule has 0 saturated carbocycles. The number of thiophene rings is 2. The highest BCUT2D eigenvalue weighted by molar-refractivity contribution is 7.26. The number of benzene rings is 13. The summed E-state index contributed by atoms with van der Waals surface area (Å²) in [6, 6.07) is 108. The monoisotopic (exact) mass is 1160 g/mol. The first-order chi connectivity index (χ1) is 43.6. The molecule has 18 aromatic rings. The summed E-state index contributed by atoms with van der Waals surface area (Å²) < 4.78 is 10.00. The van der Waals surface area contributed by atoms with Gasteiger partial charge in [0.15, 0.2) is 17.5 Å². The number of hydrogen-bond donors (Lipinski definition) is 0. The predicted octanol–water partition coefficient (Wildman–Crippen LogP) is 22.5. The average Bonchev–Trinajstić information content (AvgIpc) is 2.19. The third kappa shape index (κ3) is 8.31. The van der Waals surface area contributed by atoms with Gasteiger partial charge < -0.3 is 9.13 Å². The molecule has 5 heterocycles. The number of aromatic nitrogens is 5. The summed E-state index contributed by atoms with van der Waals surface area (Å²) in [6.45, 7) is 0. The third-order valence-corrected chi connectivity index (χ3v) is 19.9. The molecule has 0 radical (unpaired) electrons. The number of hydrogen-bond acceptors (Lipinski definition) is 5. The fourth-order valence-corrected chi connectivity index (χ4v) is 15.6. The van der Waals surface area contributed by atoms with E-state index in [-0.39, 0.29) is 0 Å². The molecular formula is C81H49N5S2. The summed E-state index contributed by atoms with van der Waals surface area (Å²) in [7, 11) is 0. The van der Waals surface area contributed by atoms with Crippen molar-refractivity contribution in [1.82, 2.24) is 24.1 Å². The highest BCUT2D eigenvalue weighted by Gasteiger charge is 2.22. The van der Waals surface area contributed by atoms with Gasteiger partial charge in [0.25, 0.3) is 0 Å². The largest absolute Gasteiger partial charge is 0.309 e. The van der Waals surface area contributed by atoms with Crippen LogP contribution >= 0.6 is 22.7 Å². The summed E-state index contributed by atoms with van der Waals surface area (Å²) in [6.07, 6.45) is 0. The van der Waals surface area contributed by atoms with Crippen LogP contribution in [0.1, 0.15) is 0 Å². The molecule has 0 unspecified atom stereocenters. The summed E-state index contributed by atoms with van der Waals surface area (Å²) >= 11 is 3.71. The number of nitrogens with zero attached hydrogens (tertiary/aromatic N) is 5. The number of fused-ring (bicyclic) bond motifs is 12. The maximum atomic E-state index is 5.53. The number of para-hydroxylation sites is 2. The van der Waals surface area contributed by atoms with Crippen molar-refractivity contribution in [2.45, 2.75) is 0 Å². The van der Waals surface area contributed by atoms with Crippen molar-refractivity contribution in [3.8, 4) is 90.0 Å². The van der Waals surface area contributed by atoms with E-state index in [1.807, 2.05) is 22.7 Å². The van der Waals surface area contributed by atoms with E-state index in [1.165, 1.54) is 84.1 Å². The van der Waals surface area contributed by atoms with Crippen LogP contribution < -0.4 is 0 Å². The van der Waals surface area contributed by atoms with E-state index in [1.54, 1.807) is 0 Å². The highest BCUT2D eigenvalue weighted by Crippen LogP contribution is 2.43. The fraction of sp³-hybridized carbons (Fsp3) is 0. The van der Waals surface area contributed by atoms with E-state index in [2.05, 4.69) is 306 Å². The molecule has 0 atom stereocenters. The molecule has 5 nitrogen and oxygen atoms in total. The van der Waals surface area contributed by atoms with Crippen molar-refractivity contribution < 1.29 is 0 Å². The Bertz CT molecular complexity index is 5540. The van der Waals surface area contributed by atoms with E-state index in [0.29, 0.717) is 17.5 Å². The first-order valence-electron chi connectivity index (χ1n) is 29.7. The van der Waals surface area contributed by atoms with Gasteiger partial charge in [0.2, 0.25) is 0 Å². The normalized spacial score (nSPS) is 11.9. The van der Waals surface area contributed by atoms with Gasteiger partial charge in [0.05, 0.1) is 22.1 Å². The van der Waals surface area contributed by atoms with Crippen LogP contribution in [0.25, 0.3) is 174 Å². The Hall–Kier alpha value is -11.1. The molecule has 0 spiro atoms. The molecule has 0 aliphatic heterocycles. The van der Waals surface area contributed by atoms with Crippen molar-refractivity contribution in [3.63, 3.8) is 0 Å². The lowest BCUT2D eigenvalue weighted by Gasteiger charge is -2.15. The summed E-state index contributed by atoms with van der Waals surface area (Å²) in [4.78, 5) is 16.6. The lowest BCUT2D eigenvalue weighted by atomic mass is 9.94. The molecule has 0 aliphatic rings. The summed E-state index contributed by atoms with van der Waals surface area (Å²) in [5, 5.41) is 9.97. The Morgan fingerprint density at radius 2 is 0.580 bits per heavy atom. The lowest BCUT2D eigenvalue weighted by molar-refractivity contribution is 1.07. The molecule has 13 aromatic carbocycles. The van der Waals surface area contributed by atoms with Crippen molar-refractivity contribution in [2.75, 3.05) is 0 Å². The standard InChI is InChI=1S/C81H49N5S2/c1-3-17-50(18-4-1)52-33-38-61(51-19-5-2-6-20-51)70(49-52)81-83-79(57-21-15-23-59(43-57)85-71-29-11-7-25-62(71)66-45-53(34-39-73(66)85)55-36-41-77-68(47-55)64-27-9-13-31-75(64)87-77)82-80(84-81)58-22-16-24-60(44-58)86-72-30-12-8-26-63(72)67-46-54(35-40-74(67)86)56-37-42-78-69(48-56)65-28-10-14-32-76(65)88-78/h1-49H. The minimum Gasteiger partial charge on any atom is -0.309 e. The number of rotatable bonds is 9. The van der Waals surface area contributed by atoms with Gasteiger partial charge in [-0.1, -0.05) is 194 Å². The van der Waals surface area contributed by atoms with Gasteiger partial charge in [0.1, 0.15) is 0 Å². The molecule has 88 heavy (non-hydrogen) atoms. The van der Waals surface area contributed by atoms with Gasteiger partial charge in [-0.15, -0.1) is 22.7 Å². The molecule has 0 amide bonds. The molecule has 410 valence electrons. The summed E-state index contributed by atoms with van der Waals surface area (Å²) in [5.74, 6) is 1.74. The minimum atomic E-state index is 0.578. The molecule has 18 rings (SSSR count). The van der Waals surface area contributed by atoms with Crippen LogP contribution in [0.5, 0.6) is 0 Å². The van der Waals surface area contributed by atoms with Crippen LogP contribution in [0, 0.1) is 0 Å². The van der Waals surface area contributed by atoms with Gasteiger partial charge in [-0.3, -0.25) is 0 Å². The maximum Gasteiger partial charge on any atom is 0.164 e. The first-order valence-corrected chi connectivity index (χ1v) is 31.3. The van der Waals surface area contributed by atoms with Crippen LogP contribution in [0.4, 0.5) is 0 Å². The quantitative estimate of drug-likeness (QED) is 0.145. The Morgan fingerprint density at radius 3 is 1.10 bits per heavy atom. The zero-order valence-electron chi connectivity index (χ0n) is 47.3.